The van der Waals surface area contributed by atoms with Crippen LogP contribution >= 0.6 is 11.3 Å². The fourth-order valence-corrected chi connectivity index (χ4v) is 4.65. The van der Waals surface area contributed by atoms with E-state index in [1.54, 1.807) is 6.20 Å². The maximum atomic E-state index is 11.2. The number of aromatic nitrogens is 2. The number of thiophene rings is 1. The maximum absolute atomic E-state index is 11.2. The summed E-state index contributed by atoms with van der Waals surface area (Å²) < 4.78 is 6.20. The smallest absolute Gasteiger partial charge is 0.354 e. The predicted octanol–water partition coefficient (Wildman–Crippen LogP) is 2.23. The minimum atomic E-state index is -0.954. The standard InChI is InChI=1S/C16H19N3O3S/c20-15(21)14-11(9-17-18-14)10-19-5-3-16(4-6-19)12-2-8-23-13(12)1-7-22-16/h2,8-9H,1,3-7,10H2,(H,17,18)(H,20,21). The highest BCUT2D eigenvalue weighted by Crippen LogP contribution is 2.43. The zero-order valence-corrected chi connectivity index (χ0v) is 13.6. The van der Waals surface area contributed by atoms with Gasteiger partial charge in [-0.25, -0.2) is 4.79 Å². The first-order valence-corrected chi connectivity index (χ1v) is 8.75. The first-order valence-electron chi connectivity index (χ1n) is 7.87. The summed E-state index contributed by atoms with van der Waals surface area (Å²) in [4.78, 5) is 14.9. The highest BCUT2D eigenvalue weighted by molar-refractivity contribution is 7.10. The monoisotopic (exact) mass is 333 g/mol. The van der Waals surface area contributed by atoms with Crippen molar-refractivity contribution in [3.05, 3.63) is 39.3 Å². The van der Waals surface area contributed by atoms with Crippen molar-refractivity contribution in [3.63, 3.8) is 0 Å². The number of hydrogen-bond acceptors (Lipinski definition) is 5. The molecule has 0 radical (unpaired) electrons. The molecule has 4 heterocycles. The number of ether oxygens (including phenoxy) is 1. The Morgan fingerprint density at radius 1 is 1.48 bits per heavy atom. The van der Waals surface area contributed by atoms with Gasteiger partial charge in [-0.1, -0.05) is 0 Å². The molecule has 1 spiro atoms. The van der Waals surface area contributed by atoms with Gasteiger partial charge in [0.25, 0.3) is 0 Å². The molecule has 2 aliphatic rings. The molecule has 0 amide bonds. The number of carboxylic acid groups (broad SMARTS) is 1. The summed E-state index contributed by atoms with van der Waals surface area (Å²) in [6, 6.07) is 2.22. The van der Waals surface area contributed by atoms with Crippen LogP contribution in [-0.4, -0.2) is 45.9 Å². The Morgan fingerprint density at radius 3 is 3.09 bits per heavy atom. The third kappa shape index (κ3) is 2.58. The lowest BCUT2D eigenvalue weighted by atomic mass is 9.82. The molecule has 0 saturated carbocycles. The average molecular weight is 333 g/mol. The third-order valence-corrected chi connectivity index (χ3v) is 5.91. The van der Waals surface area contributed by atoms with E-state index >= 15 is 0 Å². The van der Waals surface area contributed by atoms with E-state index < -0.39 is 5.97 Å². The second kappa shape index (κ2) is 5.74. The van der Waals surface area contributed by atoms with Crippen LogP contribution in [0.25, 0.3) is 0 Å². The van der Waals surface area contributed by atoms with Crippen LogP contribution in [0.1, 0.15) is 39.3 Å². The molecule has 2 aliphatic heterocycles. The molecule has 2 N–H and O–H groups in total. The molecular weight excluding hydrogens is 314 g/mol. The number of aromatic amines is 1. The van der Waals surface area contributed by atoms with Gasteiger partial charge in [0, 0.05) is 36.5 Å². The van der Waals surface area contributed by atoms with Crippen LogP contribution in [0.15, 0.2) is 17.6 Å². The second-order valence-corrected chi connectivity index (χ2v) is 7.20. The summed E-state index contributed by atoms with van der Waals surface area (Å²) in [6.45, 7) is 3.22. The zero-order valence-electron chi connectivity index (χ0n) is 12.7. The van der Waals surface area contributed by atoms with Crippen molar-refractivity contribution >= 4 is 17.3 Å². The van der Waals surface area contributed by atoms with Gasteiger partial charge in [0.05, 0.1) is 18.4 Å². The molecule has 0 atom stereocenters. The van der Waals surface area contributed by atoms with Crippen molar-refractivity contribution in [2.75, 3.05) is 19.7 Å². The molecule has 1 saturated heterocycles. The molecule has 7 heteroatoms. The summed E-state index contributed by atoms with van der Waals surface area (Å²) >= 11 is 1.83. The SMILES string of the molecule is O=C(O)c1[nH]ncc1CN1CCC2(CC1)OCCc1sccc12. The molecule has 2 aromatic rings. The van der Waals surface area contributed by atoms with Gasteiger partial charge in [-0.05, 0) is 29.9 Å². The van der Waals surface area contributed by atoms with Crippen LogP contribution in [0.4, 0.5) is 0 Å². The van der Waals surface area contributed by atoms with E-state index in [0.29, 0.717) is 6.54 Å². The average Bonchev–Trinajstić information content (AvgIpc) is 3.19. The lowest BCUT2D eigenvalue weighted by molar-refractivity contribution is -0.0981. The van der Waals surface area contributed by atoms with Crippen LogP contribution in [0, 0.1) is 0 Å². The van der Waals surface area contributed by atoms with E-state index in [1.807, 2.05) is 11.3 Å². The van der Waals surface area contributed by atoms with Crippen molar-refractivity contribution in [2.45, 2.75) is 31.4 Å². The first-order chi connectivity index (χ1) is 11.2. The number of fused-ring (bicyclic) bond motifs is 2. The second-order valence-electron chi connectivity index (χ2n) is 6.20. The molecule has 6 nitrogen and oxygen atoms in total. The van der Waals surface area contributed by atoms with Gasteiger partial charge in [0.1, 0.15) is 5.69 Å². The zero-order chi connectivity index (χ0) is 15.9. The van der Waals surface area contributed by atoms with Crippen molar-refractivity contribution in [2.24, 2.45) is 0 Å². The van der Waals surface area contributed by atoms with Gasteiger partial charge in [-0.3, -0.25) is 10.00 Å². The summed E-state index contributed by atoms with van der Waals surface area (Å²) in [5.74, 6) is -0.954. The molecule has 0 bridgehead atoms. The molecule has 122 valence electrons. The number of piperidine rings is 1. The molecule has 0 unspecified atom stereocenters. The predicted molar refractivity (Wildman–Crippen MR) is 85.7 cm³/mol. The van der Waals surface area contributed by atoms with Crippen LogP contribution in [0.2, 0.25) is 0 Å². The van der Waals surface area contributed by atoms with Crippen LogP contribution in [-0.2, 0) is 23.3 Å². The van der Waals surface area contributed by atoms with Gasteiger partial charge in [0.15, 0.2) is 0 Å². The Balaban J connectivity index is 1.46. The number of hydrogen-bond donors (Lipinski definition) is 2. The van der Waals surface area contributed by atoms with Crippen molar-refractivity contribution in [1.29, 1.82) is 0 Å². The molecule has 2 aromatic heterocycles. The number of nitrogens with zero attached hydrogens (tertiary/aromatic N) is 2. The number of nitrogens with one attached hydrogen (secondary N) is 1. The van der Waals surface area contributed by atoms with E-state index in [2.05, 4.69) is 26.5 Å². The van der Waals surface area contributed by atoms with Crippen molar-refractivity contribution < 1.29 is 14.6 Å². The van der Waals surface area contributed by atoms with Crippen LogP contribution < -0.4 is 0 Å². The Bertz CT molecular complexity index is 716. The van der Waals surface area contributed by atoms with Gasteiger partial charge >= 0.3 is 5.97 Å². The largest absolute Gasteiger partial charge is 0.477 e. The van der Waals surface area contributed by atoms with E-state index in [4.69, 9.17) is 9.84 Å². The topological polar surface area (TPSA) is 78.4 Å². The Labute approximate surface area is 138 Å². The van der Waals surface area contributed by atoms with E-state index in [9.17, 15) is 4.79 Å². The van der Waals surface area contributed by atoms with Gasteiger partial charge in [-0.2, -0.15) is 5.10 Å². The molecule has 23 heavy (non-hydrogen) atoms. The highest BCUT2D eigenvalue weighted by atomic mass is 32.1. The van der Waals surface area contributed by atoms with Gasteiger partial charge in [-0.15, -0.1) is 11.3 Å². The summed E-state index contributed by atoms with van der Waals surface area (Å²) in [5, 5.41) is 17.7. The fourth-order valence-electron chi connectivity index (χ4n) is 3.70. The summed E-state index contributed by atoms with van der Waals surface area (Å²) in [5.41, 5.74) is 2.19. The van der Waals surface area contributed by atoms with E-state index in [0.717, 1.165) is 44.5 Å². The Morgan fingerprint density at radius 2 is 2.30 bits per heavy atom. The number of likely N-dealkylation sites (tertiary alicyclic amines) is 1. The van der Waals surface area contributed by atoms with Crippen LogP contribution in [0.5, 0.6) is 0 Å². The van der Waals surface area contributed by atoms with Gasteiger partial charge < -0.3 is 9.84 Å². The van der Waals surface area contributed by atoms with E-state index in [-0.39, 0.29) is 11.3 Å². The number of carbonyl (C=O) groups is 1. The van der Waals surface area contributed by atoms with Gasteiger partial charge in [0.2, 0.25) is 0 Å². The molecule has 1 fully saturated rings. The first kappa shape index (κ1) is 14.9. The normalized spacial score (nSPS) is 20.5. The third-order valence-electron chi connectivity index (χ3n) is 4.93. The molecular formula is C16H19N3O3S. The number of carboxylic acids is 1. The van der Waals surface area contributed by atoms with Crippen molar-refractivity contribution in [3.8, 4) is 0 Å². The van der Waals surface area contributed by atoms with Crippen molar-refractivity contribution in [1.82, 2.24) is 15.1 Å². The Kier molecular flexibility index (Phi) is 3.71. The number of aromatic carboxylic acids is 1. The molecule has 0 aromatic carbocycles. The summed E-state index contributed by atoms with van der Waals surface area (Å²) in [6.07, 6.45) is 4.55. The minimum Gasteiger partial charge on any atom is -0.477 e. The van der Waals surface area contributed by atoms with E-state index in [1.165, 1.54) is 10.4 Å². The molecule has 4 rings (SSSR count). The number of rotatable bonds is 3. The fraction of sp³-hybridized carbons (Fsp3) is 0.500. The highest BCUT2D eigenvalue weighted by Gasteiger charge is 2.41. The lowest BCUT2D eigenvalue weighted by Gasteiger charge is -2.44. The summed E-state index contributed by atoms with van der Waals surface area (Å²) in [7, 11) is 0. The quantitative estimate of drug-likeness (QED) is 0.900. The Hall–Kier alpha value is -1.70. The molecule has 0 aliphatic carbocycles. The minimum absolute atomic E-state index is 0.129. The number of H-pyrrole nitrogens is 1. The maximum Gasteiger partial charge on any atom is 0.354 e. The lowest BCUT2D eigenvalue weighted by Crippen LogP contribution is -2.45. The van der Waals surface area contributed by atoms with Crippen LogP contribution in [0.3, 0.4) is 0 Å².